The molecule has 162 valence electrons. The second-order valence-electron chi connectivity index (χ2n) is 7.86. The zero-order valence-electron chi connectivity index (χ0n) is 17.4. The van der Waals surface area contributed by atoms with Crippen LogP contribution >= 0.6 is 11.3 Å². The van der Waals surface area contributed by atoms with Gasteiger partial charge in [0.2, 0.25) is 5.91 Å². The van der Waals surface area contributed by atoms with Gasteiger partial charge in [-0.25, -0.2) is 13.8 Å². The molecule has 0 aliphatic carbocycles. The molecule has 0 saturated carbocycles. The quantitative estimate of drug-likeness (QED) is 0.480. The fraction of sp³-hybridized carbons (Fsp3) is 0.208. The molecule has 3 heterocycles. The van der Waals surface area contributed by atoms with Crippen molar-refractivity contribution in [1.29, 1.82) is 0 Å². The molecule has 0 radical (unpaired) electrons. The smallest absolute Gasteiger partial charge is 0.311 e. The van der Waals surface area contributed by atoms with Gasteiger partial charge in [-0.1, -0.05) is 18.2 Å². The van der Waals surface area contributed by atoms with Crippen molar-refractivity contribution in [2.24, 2.45) is 0 Å². The minimum Gasteiger partial charge on any atom is -0.311 e. The molecular formula is C24H20FN3O3S. The Morgan fingerprint density at radius 3 is 2.75 bits per heavy atom. The predicted molar refractivity (Wildman–Crippen MR) is 123 cm³/mol. The molecule has 0 atom stereocenters. The lowest BCUT2D eigenvalue weighted by molar-refractivity contribution is -0.119. The number of anilines is 1. The van der Waals surface area contributed by atoms with E-state index in [-0.39, 0.29) is 18.1 Å². The Morgan fingerprint density at radius 1 is 1.12 bits per heavy atom. The lowest BCUT2D eigenvalue weighted by atomic mass is 10.0. The summed E-state index contributed by atoms with van der Waals surface area (Å²) in [5.74, 6) is -0.634. The molecule has 8 heteroatoms. The zero-order valence-corrected chi connectivity index (χ0v) is 18.2. The highest BCUT2D eigenvalue weighted by molar-refractivity contribution is 7.17. The number of benzene rings is 2. The second-order valence-corrected chi connectivity index (χ2v) is 8.77. The predicted octanol–water partition coefficient (Wildman–Crippen LogP) is 3.64. The third-order valence-electron chi connectivity index (χ3n) is 5.86. The summed E-state index contributed by atoms with van der Waals surface area (Å²) < 4.78 is 16.5. The lowest BCUT2D eigenvalue weighted by Gasteiger charge is -2.29. The highest BCUT2D eigenvalue weighted by atomic mass is 32.1. The first kappa shape index (κ1) is 20.4. The SMILES string of the molecule is Cc1cc(-n2c(=O)c3sccc3n(CC(=O)N3CCCc4ccccc43)c2=O)ccc1F. The Balaban J connectivity index is 1.63. The molecular weight excluding hydrogens is 429 g/mol. The number of fused-ring (bicyclic) bond motifs is 2. The van der Waals surface area contributed by atoms with E-state index < -0.39 is 17.1 Å². The molecule has 1 aliphatic heterocycles. The summed E-state index contributed by atoms with van der Waals surface area (Å²) in [4.78, 5) is 41.5. The van der Waals surface area contributed by atoms with Crippen molar-refractivity contribution in [2.75, 3.05) is 11.4 Å². The van der Waals surface area contributed by atoms with Crippen molar-refractivity contribution in [3.05, 3.63) is 91.7 Å². The maximum atomic E-state index is 13.8. The van der Waals surface area contributed by atoms with Gasteiger partial charge in [-0.2, -0.15) is 0 Å². The van der Waals surface area contributed by atoms with Crippen LogP contribution in [0, 0.1) is 12.7 Å². The number of carbonyl (C=O) groups is 1. The summed E-state index contributed by atoms with van der Waals surface area (Å²) in [6.45, 7) is 1.96. The number of rotatable bonds is 3. The van der Waals surface area contributed by atoms with Crippen LogP contribution in [0.1, 0.15) is 17.5 Å². The van der Waals surface area contributed by atoms with Crippen LogP contribution in [0.3, 0.4) is 0 Å². The van der Waals surface area contributed by atoms with Crippen LogP contribution in [-0.4, -0.2) is 21.6 Å². The fourth-order valence-electron chi connectivity index (χ4n) is 4.25. The zero-order chi connectivity index (χ0) is 22.4. The van der Waals surface area contributed by atoms with Crippen LogP contribution in [0.5, 0.6) is 0 Å². The molecule has 32 heavy (non-hydrogen) atoms. The number of aryl methyl sites for hydroxylation is 2. The molecule has 0 bridgehead atoms. The second kappa shape index (κ2) is 7.87. The van der Waals surface area contributed by atoms with Crippen LogP contribution in [0.4, 0.5) is 10.1 Å². The molecule has 1 aliphatic rings. The number of aromatic nitrogens is 2. The molecule has 0 fully saturated rings. The fourth-order valence-corrected chi connectivity index (χ4v) is 5.07. The summed E-state index contributed by atoms with van der Waals surface area (Å²) in [5.41, 5.74) is 1.90. The van der Waals surface area contributed by atoms with Gasteiger partial charge in [-0.05, 0) is 66.6 Å². The van der Waals surface area contributed by atoms with E-state index in [1.54, 1.807) is 23.3 Å². The molecule has 6 nitrogen and oxygen atoms in total. The monoisotopic (exact) mass is 449 g/mol. The van der Waals surface area contributed by atoms with Gasteiger partial charge >= 0.3 is 5.69 Å². The van der Waals surface area contributed by atoms with Crippen molar-refractivity contribution in [3.8, 4) is 5.69 Å². The van der Waals surface area contributed by atoms with E-state index in [0.717, 1.165) is 28.7 Å². The van der Waals surface area contributed by atoms with E-state index in [2.05, 4.69) is 0 Å². The van der Waals surface area contributed by atoms with Crippen LogP contribution in [-0.2, 0) is 17.8 Å². The molecule has 4 aromatic rings. The van der Waals surface area contributed by atoms with Crippen molar-refractivity contribution in [2.45, 2.75) is 26.3 Å². The Hall–Kier alpha value is -3.52. The first-order valence-corrected chi connectivity index (χ1v) is 11.2. The molecule has 0 unspecified atom stereocenters. The molecule has 2 aromatic carbocycles. The summed E-state index contributed by atoms with van der Waals surface area (Å²) >= 11 is 1.21. The number of halogens is 1. The van der Waals surface area contributed by atoms with Gasteiger partial charge in [0.1, 0.15) is 17.1 Å². The van der Waals surface area contributed by atoms with Gasteiger partial charge < -0.3 is 4.90 Å². The van der Waals surface area contributed by atoms with Crippen molar-refractivity contribution >= 4 is 33.1 Å². The Kier molecular flexibility index (Phi) is 5.01. The van der Waals surface area contributed by atoms with E-state index in [1.165, 1.54) is 34.1 Å². The topological polar surface area (TPSA) is 64.3 Å². The number of hydrogen-bond acceptors (Lipinski definition) is 4. The minimum atomic E-state index is -0.620. The molecule has 0 spiro atoms. The third kappa shape index (κ3) is 3.27. The summed E-state index contributed by atoms with van der Waals surface area (Å²) in [5, 5.41) is 1.73. The van der Waals surface area contributed by atoms with E-state index in [4.69, 9.17) is 0 Å². The standard InChI is InChI=1S/C24H20FN3O3S/c1-15-13-17(8-9-18(15)25)28-23(30)22-20(10-12-32-22)27(24(28)31)14-21(29)26-11-4-6-16-5-2-3-7-19(16)26/h2-3,5,7-10,12-13H,4,6,11,14H2,1H3. The number of hydrogen-bond donors (Lipinski definition) is 0. The number of amides is 1. The molecule has 0 N–H and O–H groups in total. The van der Waals surface area contributed by atoms with Gasteiger partial charge in [0.15, 0.2) is 0 Å². The third-order valence-corrected chi connectivity index (χ3v) is 6.75. The van der Waals surface area contributed by atoms with Gasteiger partial charge in [0, 0.05) is 12.2 Å². The highest BCUT2D eigenvalue weighted by Gasteiger charge is 2.24. The first-order valence-electron chi connectivity index (χ1n) is 10.3. The number of carbonyl (C=O) groups excluding carboxylic acids is 1. The normalized spacial score (nSPS) is 13.4. The van der Waals surface area contributed by atoms with Gasteiger partial charge in [-0.15, -0.1) is 11.3 Å². The van der Waals surface area contributed by atoms with Crippen molar-refractivity contribution in [3.63, 3.8) is 0 Å². The van der Waals surface area contributed by atoms with Crippen LogP contribution in [0.2, 0.25) is 0 Å². The van der Waals surface area contributed by atoms with Crippen LogP contribution < -0.4 is 16.1 Å². The summed E-state index contributed by atoms with van der Waals surface area (Å²) in [7, 11) is 0. The van der Waals surface area contributed by atoms with Crippen LogP contribution in [0.15, 0.2) is 63.5 Å². The van der Waals surface area contributed by atoms with Crippen LogP contribution in [0.25, 0.3) is 15.9 Å². The number of para-hydroxylation sites is 1. The van der Waals surface area contributed by atoms with E-state index >= 15 is 0 Å². The van der Waals surface area contributed by atoms with Gasteiger partial charge in [-0.3, -0.25) is 14.2 Å². The van der Waals surface area contributed by atoms with Gasteiger partial charge in [0.05, 0.1) is 11.2 Å². The Morgan fingerprint density at radius 2 is 1.94 bits per heavy atom. The maximum Gasteiger partial charge on any atom is 0.336 e. The van der Waals surface area contributed by atoms with E-state index in [9.17, 15) is 18.8 Å². The molecule has 0 saturated heterocycles. The van der Waals surface area contributed by atoms with Crippen molar-refractivity contribution in [1.82, 2.24) is 9.13 Å². The van der Waals surface area contributed by atoms with Gasteiger partial charge in [0.25, 0.3) is 5.56 Å². The number of nitrogens with zero attached hydrogens (tertiary/aromatic N) is 3. The lowest BCUT2D eigenvalue weighted by Crippen LogP contribution is -2.43. The average Bonchev–Trinajstić information content (AvgIpc) is 3.29. The molecule has 5 rings (SSSR count). The highest BCUT2D eigenvalue weighted by Crippen LogP contribution is 2.27. The van der Waals surface area contributed by atoms with E-state index in [0.29, 0.717) is 22.3 Å². The summed E-state index contributed by atoms with van der Waals surface area (Å²) in [6.07, 6.45) is 1.75. The number of thiophene rings is 1. The molecule has 2 aromatic heterocycles. The Bertz CT molecular complexity index is 1480. The van der Waals surface area contributed by atoms with E-state index in [1.807, 2.05) is 24.3 Å². The maximum absolute atomic E-state index is 13.8. The summed E-state index contributed by atoms with van der Waals surface area (Å²) in [6, 6.07) is 13.5. The Labute approximate surface area is 186 Å². The van der Waals surface area contributed by atoms with Crippen molar-refractivity contribution < 1.29 is 9.18 Å². The molecule has 1 amide bonds. The average molecular weight is 450 g/mol. The first-order chi connectivity index (χ1) is 15.5. The largest absolute Gasteiger partial charge is 0.336 e. The minimum absolute atomic E-state index is 0.194.